The zero-order valence-corrected chi connectivity index (χ0v) is 12.7. The molecule has 0 saturated heterocycles. The number of rotatable bonds is 4. The molecule has 3 nitrogen and oxygen atoms in total. The normalized spacial score (nSPS) is 10.8. The first-order chi connectivity index (χ1) is 10.2. The molecule has 0 amide bonds. The molecule has 0 aliphatic rings. The molecule has 0 aliphatic carbocycles. The summed E-state index contributed by atoms with van der Waals surface area (Å²) in [4.78, 5) is 0. The van der Waals surface area contributed by atoms with E-state index in [9.17, 15) is 0 Å². The molecule has 0 atom stereocenters. The number of hydrogen-bond acceptors (Lipinski definition) is 1. The Balaban J connectivity index is 1.72. The monoisotopic (exact) mass is 298 g/mol. The van der Waals surface area contributed by atoms with Gasteiger partial charge >= 0.3 is 0 Å². The van der Waals surface area contributed by atoms with E-state index in [0.29, 0.717) is 0 Å². The Hall–Kier alpha value is -2.13. The number of hydrogen-bond donors (Lipinski definition) is 0. The molecule has 4 heteroatoms. The van der Waals surface area contributed by atoms with Crippen molar-refractivity contribution in [1.29, 1.82) is 0 Å². The second-order valence-corrected chi connectivity index (χ2v) is 5.61. The minimum Gasteiger partial charge on any atom is -0.233 e. The Kier molecular flexibility index (Phi) is 4.02. The summed E-state index contributed by atoms with van der Waals surface area (Å²) in [6, 6.07) is 16.3. The predicted molar refractivity (Wildman–Crippen MR) is 83.3 cm³/mol. The largest absolute Gasteiger partial charge is 0.265 e. The van der Waals surface area contributed by atoms with Gasteiger partial charge in [0.15, 0.2) is 0 Å². The van der Waals surface area contributed by atoms with Crippen molar-refractivity contribution >= 4 is 11.6 Å². The molecule has 0 unspecified atom stereocenters. The molecular weight excluding hydrogens is 282 g/mol. The first-order valence-electron chi connectivity index (χ1n) is 6.91. The van der Waals surface area contributed by atoms with Gasteiger partial charge in [-0.25, -0.2) is 4.57 Å². The molecule has 0 N–H and O–H groups in total. The van der Waals surface area contributed by atoms with Crippen LogP contribution in [-0.4, -0.2) is 9.78 Å². The average molecular weight is 299 g/mol. The molecule has 0 saturated carbocycles. The van der Waals surface area contributed by atoms with Crippen LogP contribution in [0.15, 0.2) is 61.2 Å². The third kappa shape index (κ3) is 3.50. The fourth-order valence-corrected chi connectivity index (χ4v) is 2.41. The van der Waals surface area contributed by atoms with E-state index in [0.717, 1.165) is 18.1 Å². The van der Waals surface area contributed by atoms with Gasteiger partial charge in [0, 0.05) is 10.1 Å². The highest BCUT2D eigenvalue weighted by atomic mass is 35.5. The fraction of sp³-hybridized carbons (Fsp3) is 0.176. The summed E-state index contributed by atoms with van der Waals surface area (Å²) in [7, 11) is 0. The van der Waals surface area contributed by atoms with Crippen LogP contribution < -0.4 is 4.57 Å². The zero-order chi connectivity index (χ0) is 14.7. The lowest BCUT2D eigenvalue weighted by Gasteiger charge is -2.02. The Bertz CT molecular complexity index is 732. The Labute approximate surface area is 129 Å². The average Bonchev–Trinajstić information content (AvgIpc) is 2.91. The maximum Gasteiger partial charge on any atom is 0.265 e. The Morgan fingerprint density at radius 3 is 2.62 bits per heavy atom. The summed E-state index contributed by atoms with van der Waals surface area (Å²) in [5, 5.41) is 5.16. The molecule has 3 aromatic rings. The quantitative estimate of drug-likeness (QED) is 0.678. The molecule has 0 fully saturated rings. The van der Waals surface area contributed by atoms with Gasteiger partial charge in [0.25, 0.3) is 6.33 Å². The van der Waals surface area contributed by atoms with E-state index in [1.165, 1.54) is 16.7 Å². The van der Waals surface area contributed by atoms with Gasteiger partial charge in [-0.05, 0) is 35.7 Å². The summed E-state index contributed by atoms with van der Waals surface area (Å²) < 4.78 is 4.03. The summed E-state index contributed by atoms with van der Waals surface area (Å²) in [6.45, 7) is 3.72. The molecule has 106 valence electrons. The smallest absolute Gasteiger partial charge is 0.233 e. The van der Waals surface area contributed by atoms with Crippen LogP contribution in [0.25, 0.3) is 0 Å². The lowest BCUT2D eigenvalue weighted by Crippen LogP contribution is -2.32. The van der Waals surface area contributed by atoms with Crippen molar-refractivity contribution in [3.8, 4) is 0 Å². The zero-order valence-electron chi connectivity index (χ0n) is 11.9. The van der Waals surface area contributed by atoms with Gasteiger partial charge < -0.3 is 0 Å². The summed E-state index contributed by atoms with van der Waals surface area (Å²) in [5.41, 5.74) is 3.80. The number of aryl methyl sites for hydroxylation is 1. The first kappa shape index (κ1) is 13.8. The Morgan fingerprint density at radius 1 is 1.10 bits per heavy atom. The van der Waals surface area contributed by atoms with E-state index < -0.39 is 0 Å². The first-order valence-corrected chi connectivity index (χ1v) is 7.29. The van der Waals surface area contributed by atoms with Crippen molar-refractivity contribution in [2.24, 2.45) is 0 Å². The van der Waals surface area contributed by atoms with Crippen molar-refractivity contribution in [2.45, 2.75) is 20.0 Å². The van der Waals surface area contributed by atoms with Crippen molar-refractivity contribution in [1.82, 2.24) is 9.78 Å². The van der Waals surface area contributed by atoms with Gasteiger partial charge in [-0.15, -0.1) is 4.68 Å². The van der Waals surface area contributed by atoms with E-state index in [2.05, 4.69) is 40.9 Å². The predicted octanol–water partition coefficient (Wildman–Crippen LogP) is 3.23. The van der Waals surface area contributed by atoms with E-state index in [4.69, 9.17) is 11.6 Å². The van der Waals surface area contributed by atoms with Crippen LogP contribution in [0.2, 0.25) is 5.02 Å². The SMILES string of the molecule is Cc1ccccc1C[n+]1cnn(Cc2ccc(Cl)cc2)c1. The number of nitrogens with zero attached hydrogens (tertiary/aromatic N) is 3. The summed E-state index contributed by atoms with van der Waals surface area (Å²) in [5.74, 6) is 0. The second-order valence-electron chi connectivity index (χ2n) is 5.17. The maximum absolute atomic E-state index is 5.90. The van der Waals surface area contributed by atoms with Crippen LogP contribution in [-0.2, 0) is 13.1 Å². The number of aromatic nitrogens is 3. The van der Waals surface area contributed by atoms with Gasteiger partial charge in [0.05, 0.1) is 6.54 Å². The molecule has 1 aromatic heterocycles. The van der Waals surface area contributed by atoms with Crippen LogP contribution in [0.4, 0.5) is 0 Å². The van der Waals surface area contributed by atoms with Crippen LogP contribution >= 0.6 is 11.6 Å². The minimum absolute atomic E-state index is 0.748. The standard InChI is InChI=1S/C17H17ClN3/c1-14-4-2-3-5-16(14)11-20-12-19-21(13-20)10-15-6-8-17(18)9-7-15/h2-9,12-13H,10-11H2,1H3/q+1. The third-order valence-corrected chi connectivity index (χ3v) is 3.75. The van der Waals surface area contributed by atoms with Crippen molar-refractivity contribution < 1.29 is 4.57 Å². The topological polar surface area (TPSA) is 21.7 Å². The fourth-order valence-electron chi connectivity index (χ4n) is 2.29. The van der Waals surface area contributed by atoms with E-state index in [-0.39, 0.29) is 0 Å². The Morgan fingerprint density at radius 2 is 1.86 bits per heavy atom. The molecule has 1 heterocycles. The van der Waals surface area contributed by atoms with Gasteiger partial charge in [-0.3, -0.25) is 0 Å². The van der Waals surface area contributed by atoms with Crippen LogP contribution in [0.5, 0.6) is 0 Å². The maximum atomic E-state index is 5.90. The second kappa shape index (κ2) is 6.10. The number of halogens is 1. The van der Waals surface area contributed by atoms with Gasteiger partial charge in [-0.2, -0.15) is 0 Å². The highest BCUT2D eigenvalue weighted by Gasteiger charge is 2.08. The van der Waals surface area contributed by atoms with Gasteiger partial charge in [-0.1, -0.05) is 48.0 Å². The van der Waals surface area contributed by atoms with Crippen LogP contribution in [0, 0.1) is 6.92 Å². The molecule has 0 spiro atoms. The van der Waals surface area contributed by atoms with E-state index in [1.54, 1.807) is 0 Å². The van der Waals surface area contributed by atoms with Gasteiger partial charge in [0.2, 0.25) is 6.33 Å². The summed E-state index contributed by atoms with van der Waals surface area (Å²) in [6.07, 6.45) is 3.89. The van der Waals surface area contributed by atoms with Crippen molar-refractivity contribution in [3.63, 3.8) is 0 Å². The van der Waals surface area contributed by atoms with E-state index in [1.807, 2.05) is 41.6 Å². The third-order valence-electron chi connectivity index (χ3n) is 3.50. The molecule has 2 aromatic carbocycles. The van der Waals surface area contributed by atoms with E-state index >= 15 is 0 Å². The highest BCUT2D eigenvalue weighted by molar-refractivity contribution is 6.30. The lowest BCUT2D eigenvalue weighted by atomic mass is 10.1. The van der Waals surface area contributed by atoms with Crippen LogP contribution in [0.1, 0.15) is 16.7 Å². The molecule has 3 rings (SSSR count). The van der Waals surface area contributed by atoms with Crippen molar-refractivity contribution in [2.75, 3.05) is 0 Å². The molecule has 0 bridgehead atoms. The number of benzene rings is 2. The van der Waals surface area contributed by atoms with Crippen molar-refractivity contribution in [3.05, 3.63) is 82.9 Å². The molecule has 0 aliphatic heterocycles. The minimum atomic E-state index is 0.748. The van der Waals surface area contributed by atoms with Crippen LogP contribution in [0.3, 0.4) is 0 Å². The van der Waals surface area contributed by atoms with Gasteiger partial charge in [0.1, 0.15) is 6.54 Å². The lowest BCUT2D eigenvalue weighted by molar-refractivity contribution is -0.689. The molecule has 0 radical (unpaired) electrons. The molecule has 21 heavy (non-hydrogen) atoms. The summed E-state index contributed by atoms with van der Waals surface area (Å²) >= 11 is 5.90. The molecular formula is C17H17ClN3+. The highest BCUT2D eigenvalue weighted by Crippen LogP contribution is 2.10.